The number of thiazole rings is 1. The number of aromatic nitrogens is 1. The van der Waals surface area contributed by atoms with Crippen LogP contribution < -0.4 is 10.1 Å². The maximum atomic E-state index is 12.6. The third kappa shape index (κ3) is 6.16. The summed E-state index contributed by atoms with van der Waals surface area (Å²) in [6.07, 6.45) is 0.664. The zero-order chi connectivity index (χ0) is 23.3. The van der Waals surface area contributed by atoms with Crippen LogP contribution in [-0.4, -0.2) is 46.2 Å². The number of nitro benzene ring substituents is 1. The van der Waals surface area contributed by atoms with E-state index in [0.29, 0.717) is 25.3 Å². The smallest absolute Gasteiger partial charge is 0.428 e. The van der Waals surface area contributed by atoms with Crippen molar-refractivity contribution in [3.05, 3.63) is 50.5 Å². The van der Waals surface area contributed by atoms with Crippen molar-refractivity contribution >= 4 is 29.2 Å². The van der Waals surface area contributed by atoms with Crippen LogP contribution in [0.4, 0.5) is 15.3 Å². The molecule has 2 unspecified atom stereocenters. The van der Waals surface area contributed by atoms with E-state index in [9.17, 15) is 19.7 Å². The Morgan fingerprint density at radius 1 is 1.31 bits per heavy atom. The van der Waals surface area contributed by atoms with Crippen LogP contribution >= 0.6 is 11.3 Å². The van der Waals surface area contributed by atoms with Crippen molar-refractivity contribution < 1.29 is 24.0 Å². The quantitative estimate of drug-likeness (QED) is 0.279. The van der Waals surface area contributed by atoms with Crippen LogP contribution in [0.5, 0.6) is 5.75 Å². The minimum atomic E-state index is -0.915. The average Bonchev–Trinajstić information content (AvgIpc) is 3.38. The Morgan fingerprint density at radius 3 is 2.66 bits per heavy atom. The lowest BCUT2D eigenvalue weighted by Crippen LogP contribution is -2.47. The maximum absolute atomic E-state index is 12.6. The zero-order valence-corrected chi connectivity index (χ0v) is 19.0. The van der Waals surface area contributed by atoms with Gasteiger partial charge in [0.05, 0.1) is 28.2 Å². The molecular weight excluding hydrogens is 436 g/mol. The molecule has 0 radical (unpaired) electrons. The molecule has 1 N–H and O–H groups in total. The summed E-state index contributed by atoms with van der Waals surface area (Å²) in [6.45, 7) is 4.54. The number of rotatable bonds is 7. The molecule has 2 aromatic rings. The molecule has 2 atom stereocenters. The summed E-state index contributed by atoms with van der Waals surface area (Å²) in [6, 6.07) is 4.54. The van der Waals surface area contributed by atoms with Crippen LogP contribution in [0.25, 0.3) is 0 Å². The van der Waals surface area contributed by atoms with Gasteiger partial charge in [-0.1, -0.05) is 13.8 Å². The number of ether oxygens (including phenoxy) is 2. The molecule has 1 saturated carbocycles. The van der Waals surface area contributed by atoms with Crippen LogP contribution in [0.1, 0.15) is 49.7 Å². The van der Waals surface area contributed by atoms with Gasteiger partial charge >= 0.3 is 12.2 Å². The highest BCUT2D eigenvalue weighted by atomic mass is 32.1. The Hall–Kier alpha value is -3.21. The standard InChI is InChI=1S/C21H26N4O6S/c1-13(2)19-22-14(12-32-19)11-24(3)20(26)23-17-5-4-6-18(17)31-21(27)30-16-9-7-15(8-10-16)25(28)29/h7-10,12-13,17-18H,4-6,11H2,1-3H3,(H,23,26). The fourth-order valence-corrected chi connectivity index (χ4v) is 4.18. The highest BCUT2D eigenvalue weighted by Gasteiger charge is 2.33. The summed E-state index contributed by atoms with van der Waals surface area (Å²) in [5.74, 6) is 0.484. The summed E-state index contributed by atoms with van der Waals surface area (Å²) in [7, 11) is 1.69. The number of urea groups is 1. The van der Waals surface area contributed by atoms with Gasteiger partial charge in [-0.05, 0) is 31.4 Å². The molecule has 0 bridgehead atoms. The molecule has 11 heteroatoms. The second-order valence-electron chi connectivity index (χ2n) is 7.93. The van der Waals surface area contributed by atoms with Crippen LogP contribution in [0.2, 0.25) is 0 Å². The van der Waals surface area contributed by atoms with E-state index >= 15 is 0 Å². The molecule has 10 nitrogen and oxygen atoms in total. The van der Waals surface area contributed by atoms with Gasteiger partial charge in [0.2, 0.25) is 0 Å². The predicted octanol–water partition coefficient (Wildman–Crippen LogP) is 4.45. The zero-order valence-electron chi connectivity index (χ0n) is 18.1. The van der Waals surface area contributed by atoms with Crippen LogP contribution in [0, 0.1) is 10.1 Å². The van der Waals surface area contributed by atoms with E-state index in [4.69, 9.17) is 9.47 Å². The maximum Gasteiger partial charge on any atom is 0.514 e. The summed E-state index contributed by atoms with van der Waals surface area (Å²) in [5, 5.41) is 16.6. The molecule has 1 aromatic heterocycles. The van der Waals surface area contributed by atoms with Crippen molar-refractivity contribution in [2.45, 2.75) is 57.7 Å². The highest BCUT2D eigenvalue weighted by Crippen LogP contribution is 2.24. The van der Waals surface area contributed by atoms with E-state index in [0.717, 1.165) is 17.1 Å². The molecule has 1 aliphatic carbocycles. The fourth-order valence-electron chi connectivity index (χ4n) is 3.36. The normalized spacial score (nSPS) is 17.8. The van der Waals surface area contributed by atoms with Crippen LogP contribution in [0.15, 0.2) is 29.6 Å². The van der Waals surface area contributed by atoms with Crippen molar-refractivity contribution in [2.24, 2.45) is 0 Å². The molecule has 1 fully saturated rings. The number of non-ortho nitro benzene ring substituents is 1. The molecule has 1 heterocycles. The second-order valence-corrected chi connectivity index (χ2v) is 8.82. The van der Waals surface area contributed by atoms with E-state index in [1.54, 1.807) is 23.3 Å². The van der Waals surface area contributed by atoms with Crippen molar-refractivity contribution in [1.82, 2.24) is 15.2 Å². The van der Waals surface area contributed by atoms with Gasteiger partial charge in [0.25, 0.3) is 5.69 Å². The van der Waals surface area contributed by atoms with Crippen LogP contribution in [0.3, 0.4) is 0 Å². The summed E-state index contributed by atoms with van der Waals surface area (Å²) < 4.78 is 10.5. The van der Waals surface area contributed by atoms with Gasteiger partial charge < -0.3 is 19.7 Å². The molecule has 3 rings (SSSR count). The largest absolute Gasteiger partial charge is 0.514 e. The number of benzene rings is 1. The topological polar surface area (TPSA) is 124 Å². The third-order valence-corrected chi connectivity index (χ3v) is 6.26. The van der Waals surface area contributed by atoms with E-state index in [-0.39, 0.29) is 23.5 Å². The van der Waals surface area contributed by atoms with E-state index < -0.39 is 17.2 Å². The van der Waals surface area contributed by atoms with Crippen molar-refractivity contribution in [3.63, 3.8) is 0 Å². The fraction of sp³-hybridized carbons (Fsp3) is 0.476. The number of nitro groups is 1. The number of carbonyl (C=O) groups excluding carboxylic acids is 2. The van der Waals surface area contributed by atoms with Crippen molar-refractivity contribution in [2.75, 3.05) is 7.05 Å². The predicted molar refractivity (Wildman–Crippen MR) is 118 cm³/mol. The van der Waals surface area contributed by atoms with E-state index in [1.165, 1.54) is 24.3 Å². The Morgan fingerprint density at radius 2 is 2.03 bits per heavy atom. The first-order valence-electron chi connectivity index (χ1n) is 10.3. The lowest BCUT2D eigenvalue weighted by Gasteiger charge is -2.24. The van der Waals surface area contributed by atoms with Crippen molar-refractivity contribution in [3.8, 4) is 5.75 Å². The minimum Gasteiger partial charge on any atom is -0.428 e. The second kappa shape index (κ2) is 10.4. The SMILES string of the molecule is CC(C)c1nc(CN(C)C(=O)NC2CCCC2OC(=O)Oc2ccc([N+](=O)[O-])cc2)cs1. The van der Waals surface area contributed by atoms with Gasteiger partial charge in [0, 0.05) is 30.5 Å². The first-order chi connectivity index (χ1) is 15.2. The first kappa shape index (κ1) is 23.5. The Kier molecular flexibility index (Phi) is 7.62. The number of carbonyl (C=O) groups is 2. The van der Waals surface area contributed by atoms with Crippen LogP contribution in [-0.2, 0) is 11.3 Å². The molecule has 0 saturated heterocycles. The first-order valence-corrected chi connectivity index (χ1v) is 11.2. The number of hydrogen-bond donors (Lipinski definition) is 1. The molecule has 0 spiro atoms. The van der Waals surface area contributed by atoms with Gasteiger partial charge in [-0.15, -0.1) is 11.3 Å². The number of nitrogens with one attached hydrogen (secondary N) is 1. The van der Waals surface area contributed by atoms with Gasteiger partial charge in [0.15, 0.2) is 0 Å². The van der Waals surface area contributed by atoms with Gasteiger partial charge in [-0.2, -0.15) is 0 Å². The van der Waals surface area contributed by atoms with E-state index in [2.05, 4.69) is 24.1 Å². The number of nitrogens with zero attached hydrogens (tertiary/aromatic N) is 3. The average molecular weight is 463 g/mol. The Bertz CT molecular complexity index is 961. The van der Waals surface area contributed by atoms with E-state index in [1.807, 2.05) is 5.38 Å². The van der Waals surface area contributed by atoms with Gasteiger partial charge in [-0.25, -0.2) is 14.6 Å². The highest BCUT2D eigenvalue weighted by molar-refractivity contribution is 7.09. The molecule has 32 heavy (non-hydrogen) atoms. The number of amides is 2. The molecule has 172 valence electrons. The lowest BCUT2D eigenvalue weighted by atomic mass is 10.2. The van der Waals surface area contributed by atoms with Gasteiger partial charge in [-0.3, -0.25) is 10.1 Å². The molecule has 1 aliphatic rings. The molecule has 1 aromatic carbocycles. The Labute approximate surface area is 189 Å². The molecule has 2 amide bonds. The molecule has 0 aliphatic heterocycles. The molecular formula is C21H26N4O6S. The summed E-state index contributed by atoms with van der Waals surface area (Å²) >= 11 is 1.58. The monoisotopic (exact) mass is 462 g/mol. The lowest BCUT2D eigenvalue weighted by molar-refractivity contribution is -0.384. The number of hydrogen-bond acceptors (Lipinski definition) is 8. The minimum absolute atomic E-state index is 0.105. The summed E-state index contributed by atoms with van der Waals surface area (Å²) in [4.78, 5) is 41.0. The third-order valence-electron chi connectivity index (χ3n) is 5.07. The van der Waals surface area contributed by atoms with Gasteiger partial charge in [0.1, 0.15) is 11.9 Å². The summed E-state index contributed by atoms with van der Waals surface area (Å²) in [5.41, 5.74) is 0.730. The van der Waals surface area contributed by atoms with Crippen molar-refractivity contribution in [1.29, 1.82) is 0 Å². The Balaban J connectivity index is 1.50.